The van der Waals surface area contributed by atoms with Crippen molar-refractivity contribution in [1.29, 1.82) is 0 Å². The van der Waals surface area contributed by atoms with E-state index in [0.29, 0.717) is 18.3 Å². The highest BCUT2D eigenvalue weighted by atomic mass is 16.5. The number of aromatic amines is 1. The minimum Gasteiger partial charge on any atom is -0.467 e. The summed E-state index contributed by atoms with van der Waals surface area (Å²) in [6, 6.07) is 8.35. The molecule has 1 aromatic carbocycles. The van der Waals surface area contributed by atoms with Gasteiger partial charge in [0, 0.05) is 22.0 Å². The van der Waals surface area contributed by atoms with Crippen LogP contribution in [0.1, 0.15) is 131 Å². The predicted molar refractivity (Wildman–Crippen MR) is 194 cm³/mol. The van der Waals surface area contributed by atoms with Gasteiger partial charge in [-0.25, -0.2) is 4.79 Å². The normalized spacial score (nSPS) is 38.4. The molecule has 5 aliphatic rings. The van der Waals surface area contributed by atoms with Gasteiger partial charge in [0.2, 0.25) is 5.91 Å². The zero-order valence-corrected chi connectivity index (χ0v) is 31.6. The fourth-order valence-corrected chi connectivity index (χ4v) is 13.1. The molecule has 0 unspecified atom stereocenters. The zero-order valence-electron chi connectivity index (χ0n) is 31.6. The average Bonchev–Trinajstić information content (AvgIpc) is 3.39. The minimum atomic E-state index is -0.595. The quantitative estimate of drug-likeness (QED) is 0.249. The number of para-hydroxylation sites is 1. The number of hydrogen-bond donors (Lipinski definition) is 2. The van der Waals surface area contributed by atoms with Crippen molar-refractivity contribution >= 4 is 22.8 Å². The Morgan fingerprint density at radius 1 is 0.958 bits per heavy atom. The minimum absolute atomic E-state index is 0.0378. The van der Waals surface area contributed by atoms with Crippen molar-refractivity contribution in [3.8, 4) is 0 Å². The molecule has 2 N–H and O–H groups in total. The van der Waals surface area contributed by atoms with E-state index < -0.39 is 11.5 Å². The number of rotatable bonds is 5. The number of aromatic nitrogens is 1. The van der Waals surface area contributed by atoms with Gasteiger partial charge in [0.25, 0.3) is 0 Å². The summed E-state index contributed by atoms with van der Waals surface area (Å²) in [5, 5.41) is 4.70. The van der Waals surface area contributed by atoms with Crippen LogP contribution < -0.4 is 5.32 Å². The number of H-pyrrole nitrogens is 1. The summed E-state index contributed by atoms with van der Waals surface area (Å²) in [5.41, 5.74) is 6.01. The third-order valence-corrected chi connectivity index (χ3v) is 15.7. The first kappa shape index (κ1) is 33.9. The molecule has 0 radical (unpaired) electrons. The molecule has 5 nitrogen and oxygen atoms in total. The zero-order chi connectivity index (χ0) is 34.7. The molecule has 262 valence electrons. The van der Waals surface area contributed by atoms with Crippen LogP contribution in [0.3, 0.4) is 0 Å². The van der Waals surface area contributed by atoms with Crippen molar-refractivity contribution in [1.82, 2.24) is 10.3 Å². The first-order valence-electron chi connectivity index (χ1n) is 19.1. The average molecular weight is 655 g/mol. The summed E-state index contributed by atoms with van der Waals surface area (Å²) in [6.45, 7) is 21.9. The largest absolute Gasteiger partial charge is 0.467 e. The second-order valence-corrected chi connectivity index (χ2v) is 19.5. The molecule has 0 bridgehead atoms. The number of allylic oxidation sites excluding steroid dienone is 2. The Labute approximate surface area is 289 Å². The highest BCUT2D eigenvalue weighted by molar-refractivity contribution is 5.89. The van der Waals surface area contributed by atoms with Gasteiger partial charge in [-0.3, -0.25) is 4.79 Å². The Kier molecular flexibility index (Phi) is 7.75. The lowest BCUT2D eigenvalue weighted by Gasteiger charge is -2.70. The highest BCUT2D eigenvalue weighted by Gasteiger charge is 2.69. The molecule has 5 aliphatic carbocycles. The second-order valence-electron chi connectivity index (χ2n) is 19.5. The molecule has 5 heteroatoms. The number of carbonyl (C=O) groups excluding carboxylic acids is 2. The number of amides is 1. The number of esters is 1. The maximum Gasteiger partial charge on any atom is 0.328 e. The Bertz CT molecular complexity index is 1660. The third-order valence-electron chi connectivity index (χ3n) is 15.7. The first-order valence-corrected chi connectivity index (χ1v) is 19.1. The van der Waals surface area contributed by atoms with Crippen LogP contribution in [-0.2, 0) is 26.2 Å². The molecule has 2 aromatic rings. The van der Waals surface area contributed by atoms with Gasteiger partial charge in [-0.05, 0) is 121 Å². The summed E-state index contributed by atoms with van der Waals surface area (Å²) in [5.74, 6) is 1.43. The molecule has 1 heterocycles. The Morgan fingerprint density at radius 3 is 2.38 bits per heavy atom. The number of carbonyl (C=O) groups is 2. The van der Waals surface area contributed by atoms with E-state index in [1.807, 2.05) is 0 Å². The molecule has 3 fully saturated rings. The monoisotopic (exact) mass is 654 g/mol. The summed E-state index contributed by atoms with van der Waals surface area (Å²) >= 11 is 0. The summed E-state index contributed by atoms with van der Waals surface area (Å²) in [6.07, 6.45) is 12.8. The third kappa shape index (κ3) is 4.60. The van der Waals surface area contributed by atoms with Gasteiger partial charge in [-0.15, -0.1) is 0 Å². The van der Waals surface area contributed by atoms with E-state index in [2.05, 4.69) is 103 Å². The molecule has 7 rings (SSSR count). The van der Waals surface area contributed by atoms with Gasteiger partial charge in [0.05, 0.1) is 12.5 Å². The smallest absolute Gasteiger partial charge is 0.328 e. The lowest BCUT2D eigenvalue weighted by Crippen LogP contribution is -2.65. The number of hydrogen-bond acceptors (Lipinski definition) is 3. The second kappa shape index (κ2) is 11.0. The molecule has 3 saturated carbocycles. The standard InChI is InChI=1S/C43H62N2O3/c1-26(2)23-32(36(46)48-10)45-37(47)43-21-19-38(3,4)25-30(43)29-15-16-34-40(7)24-28-27-13-11-12-14-31(27)44-35(28)39(5,6)33(40)17-18-42(34,9)41(29,8)20-22-43/h11-15,26,30,32-34,44H,16-25H2,1-10H3,(H,45,47)/t30-,32-,33-,34+,40-,41+,42+,43-/m0/s1. The molecular weight excluding hydrogens is 592 g/mol. The van der Waals surface area contributed by atoms with E-state index in [9.17, 15) is 9.59 Å². The van der Waals surface area contributed by atoms with Crippen LogP contribution in [0.2, 0.25) is 0 Å². The van der Waals surface area contributed by atoms with Crippen molar-refractivity contribution in [2.75, 3.05) is 7.11 Å². The van der Waals surface area contributed by atoms with Crippen molar-refractivity contribution in [3.63, 3.8) is 0 Å². The van der Waals surface area contributed by atoms with Crippen LogP contribution in [0, 0.1) is 50.7 Å². The van der Waals surface area contributed by atoms with Gasteiger partial charge in [0.1, 0.15) is 6.04 Å². The molecule has 0 spiro atoms. The van der Waals surface area contributed by atoms with Gasteiger partial charge in [-0.1, -0.05) is 92.2 Å². The van der Waals surface area contributed by atoms with Crippen LogP contribution in [0.5, 0.6) is 0 Å². The molecule has 48 heavy (non-hydrogen) atoms. The molecule has 8 atom stereocenters. The van der Waals surface area contributed by atoms with Crippen molar-refractivity contribution in [3.05, 3.63) is 47.2 Å². The van der Waals surface area contributed by atoms with Gasteiger partial charge < -0.3 is 15.0 Å². The first-order chi connectivity index (χ1) is 22.4. The van der Waals surface area contributed by atoms with Gasteiger partial charge in [0.15, 0.2) is 0 Å². The van der Waals surface area contributed by atoms with Gasteiger partial charge >= 0.3 is 5.97 Å². The number of ether oxygens (including phenoxy) is 1. The highest BCUT2D eigenvalue weighted by Crippen LogP contribution is 2.75. The predicted octanol–water partition coefficient (Wildman–Crippen LogP) is 9.69. The van der Waals surface area contributed by atoms with E-state index in [0.717, 1.165) is 44.9 Å². The molecule has 0 saturated heterocycles. The van der Waals surface area contributed by atoms with Crippen molar-refractivity contribution < 1.29 is 14.3 Å². The summed E-state index contributed by atoms with van der Waals surface area (Å²) < 4.78 is 5.18. The van der Waals surface area contributed by atoms with E-state index >= 15 is 0 Å². The van der Waals surface area contributed by atoms with Crippen LogP contribution in [-0.4, -0.2) is 30.0 Å². The van der Waals surface area contributed by atoms with E-state index in [4.69, 9.17) is 4.74 Å². The number of methoxy groups -OCH3 is 1. The molecular formula is C43H62N2O3. The van der Waals surface area contributed by atoms with E-state index in [-0.39, 0.29) is 50.8 Å². The van der Waals surface area contributed by atoms with Crippen LogP contribution in [0.15, 0.2) is 35.9 Å². The van der Waals surface area contributed by atoms with Crippen LogP contribution in [0.25, 0.3) is 10.9 Å². The number of nitrogens with one attached hydrogen (secondary N) is 2. The Hall–Kier alpha value is -2.56. The van der Waals surface area contributed by atoms with Crippen molar-refractivity contribution in [2.45, 2.75) is 138 Å². The Morgan fingerprint density at radius 2 is 1.67 bits per heavy atom. The van der Waals surface area contributed by atoms with Crippen LogP contribution in [0.4, 0.5) is 0 Å². The topological polar surface area (TPSA) is 71.2 Å². The summed E-state index contributed by atoms with van der Waals surface area (Å²) in [7, 11) is 1.43. The lowest BCUT2D eigenvalue weighted by molar-refractivity contribution is -0.168. The Balaban J connectivity index is 1.29. The maximum absolute atomic E-state index is 14.7. The van der Waals surface area contributed by atoms with Crippen LogP contribution >= 0.6 is 0 Å². The van der Waals surface area contributed by atoms with Gasteiger partial charge in [-0.2, -0.15) is 0 Å². The molecule has 1 amide bonds. The maximum atomic E-state index is 14.7. The fourth-order valence-electron chi connectivity index (χ4n) is 13.1. The lowest BCUT2D eigenvalue weighted by atomic mass is 9.33. The van der Waals surface area contributed by atoms with E-state index in [1.54, 1.807) is 11.1 Å². The number of benzene rings is 1. The SMILES string of the molecule is COC(=O)[C@H](CC(C)C)NC(=O)[C@]12CCC(C)(C)C[C@H]1C1=CC[C@@H]3[C@@]4(C)Cc5c([nH]c6ccccc56)C(C)(C)[C@@H]4CC[C@@]3(C)[C@]1(C)CC2. The van der Waals surface area contributed by atoms with Crippen molar-refractivity contribution in [2.24, 2.45) is 50.7 Å². The molecule has 1 aromatic heterocycles. The fraction of sp³-hybridized carbons (Fsp3) is 0.721. The van der Waals surface area contributed by atoms with E-state index in [1.165, 1.54) is 36.5 Å². The molecule has 0 aliphatic heterocycles. The summed E-state index contributed by atoms with van der Waals surface area (Å²) in [4.78, 5) is 31.5. The number of fused-ring (bicyclic) bond motifs is 10.